The number of carbonyl (C=O) groups excluding carboxylic acids is 1. The number of hydrogen-bond acceptors (Lipinski definition) is 6. The number of hydrogen-bond donors (Lipinski definition) is 2. The van der Waals surface area contributed by atoms with Crippen molar-refractivity contribution >= 4 is 17.7 Å². The molecule has 0 unspecified atom stereocenters. The van der Waals surface area contributed by atoms with Gasteiger partial charge < -0.3 is 24.6 Å². The molecule has 0 spiro atoms. The number of methoxy groups -OCH3 is 1. The molecule has 1 fully saturated rings. The van der Waals surface area contributed by atoms with Crippen molar-refractivity contribution < 1.29 is 24.1 Å². The highest BCUT2D eigenvalue weighted by Gasteiger charge is 2.32. The number of ether oxygens (including phenoxy) is 3. The third-order valence-electron chi connectivity index (χ3n) is 8.04. The van der Waals surface area contributed by atoms with Gasteiger partial charge in [0.25, 0.3) is 5.91 Å². The first kappa shape index (κ1) is 31.6. The summed E-state index contributed by atoms with van der Waals surface area (Å²) in [6.45, 7) is 0.450. The second-order valence-electron chi connectivity index (χ2n) is 11.2. The van der Waals surface area contributed by atoms with Crippen LogP contribution < -0.4 is 10.1 Å². The molecule has 2 N–H and O–H groups in total. The predicted octanol–water partition coefficient (Wildman–Crippen LogP) is 8.12. The largest absolute Gasteiger partial charge is 0.496 e. The van der Waals surface area contributed by atoms with E-state index in [4.69, 9.17) is 14.2 Å². The Hall–Kier alpha value is -4.40. The summed E-state index contributed by atoms with van der Waals surface area (Å²) in [6, 6.07) is 41.7. The fourth-order valence-corrected chi connectivity index (χ4v) is 6.56. The molecule has 0 bridgehead atoms. The summed E-state index contributed by atoms with van der Waals surface area (Å²) in [4.78, 5) is 13.6. The maximum absolute atomic E-state index is 12.5. The third-order valence-corrected chi connectivity index (χ3v) is 9.23. The molecule has 1 amide bonds. The quantitative estimate of drug-likeness (QED) is 0.143. The van der Waals surface area contributed by atoms with E-state index < -0.39 is 6.29 Å². The van der Waals surface area contributed by atoms with E-state index in [0.717, 1.165) is 49.8 Å². The zero-order chi connectivity index (χ0) is 31.7. The number of para-hydroxylation sites is 1. The fourth-order valence-electron chi connectivity index (χ4n) is 5.51. The number of amides is 1. The molecular formula is C39H37NO5S. The average molecular weight is 632 g/mol. The van der Waals surface area contributed by atoms with E-state index >= 15 is 0 Å². The molecule has 0 aromatic heterocycles. The highest BCUT2D eigenvalue weighted by Crippen LogP contribution is 2.40. The van der Waals surface area contributed by atoms with E-state index in [1.807, 2.05) is 84.9 Å². The van der Waals surface area contributed by atoms with E-state index in [-0.39, 0.29) is 24.7 Å². The van der Waals surface area contributed by atoms with E-state index in [2.05, 4.69) is 47.8 Å². The molecule has 0 radical (unpaired) electrons. The first-order valence-electron chi connectivity index (χ1n) is 15.4. The zero-order valence-electron chi connectivity index (χ0n) is 25.7. The minimum Gasteiger partial charge on any atom is -0.496 e. The summed E-state index contributed by atoms with van der Waals surface area (Å²) in [7, 11) is 1.69. The molecule has 46 heavy (non-hydrogen) atoms. The second kappa shape index (κ2) is 15.3. The third kappa shape index (κ3) is 7.87. The summed E-state index contributed by atoms with van der Waals surface area (Å²) in [5.74, 6) is 1.51. The monoisotopic (exact) mass is 631 g/mol. The Bertz CT molecular complexity index is 1730. The molecule has 6 nitrogen and oxygen atoms in total. The van der Waals surface area contributed by atoms with Crippen molar-refractivity contribution in [2.75, 3.05) is 12.9 Å². The minimum absolute atomic E-state index is 0.00724. The van der Waals surface area contributed by atoms with Gasteiger partial charge in [-0.15, -0.1) is 11.8 Å². The minimum atomic E-state index is -0.534. The van der Waals surface area contributed by atoms with E-state index in [1.165, 1.54) is 0 Å². The van der Waals surface area contributed by atoms with Crippen molar-refractivity contribution in [3.63, 3.8) is 0 Å². The van der Waals surface area contributed by atoms with Crippen molar-refractivity contribution in [3.8, 4) is 16.9 Å². The molecule has 0 aliphatic carbocycles. The van der Waals surface area contributed by atoms with Gasteiger partial charge in [-0.3, -0.25) is 4.79 Å². The van der Waals surface area contributed by atoms with E-state index in [0.29, 0.717) is 18.5 Å². The van der Waals surface area contributed by atoms with Gasteiger partial charge in [-0.1, -0.05) is 97.1 Å². The molecule has 1 aliphatic rings. The van der Waals surface area contributed by atoms with Gasteiger partial charge in [0.15, 0.2) is 6.29 Å². The van der Waals surface area contributed by atoms with Crippen LogP contribution in [0, 0.1) is 0 Å². The fraction of sp³-hybridized carbons (Fsp3) is 0.205. The standard InChI is InChI=1S/C39H37NO5S/c1-43-35-12-5-6-13-37(35)46-26-34-23-36(30-16-14-27(25-41)15-17-30)45-39(44-34)32-20-18-29(19-21-32)33-11-7-8-28(22-33)24-40-38(42)31-9-3-2-4-10-31/h2-22,34,36,39,41H,23-26H2,1H3,(H,40,42)/t34-,36+,39+/m0/s1. The van der Waals surface area contributed by atoms with Crippen LogP contribution >= 0.6 is 11.8 Å². The van der Waals surface area contributed by atoms with Crippen LogP contribution in [-0.4, -0.2) is 30.0 Å². The van der Waals surface area contributed by atoms with E-state index in [9.17, 15) is 9.90 Å². The van der Waals surface area contributed by atoms with Crippen LogP contribution in [0.2, 0.25) is 0 Å². The smallest absolute Gasteiger partial charge is 0.251 e. The Morgan fingerprint density at radius 3 is 2.30 bits per heavy atom. The molecule has 1 heterocycles. The number of carbonyl (C=O) groups is 1. The normalized spacial score (nSPS) is 17.7. The van der Waals surface area contributed by atoms with Gasteiger partial charge in [0.2, 0.25) is 0 Å². The van der Waals surface area contributed by atoms with Crippen molar-refractivity contribution in [3.05, 3.63) is 155 Å². The van der Waals surface area contributed by atoms with Crippen LogP contribution in [0.1, 0.15) is 51.4 Å². The van der Waals surface area contributed by atoms with E-state index in [1.54, 1.807) is 18.9 Å². The van der Waals surface area contributed by atoms with Crippen molar-refractivity contribution in [1.29, 1.82) is 0 Å². The van der Waals surface area contributed by atoms with Crippen LogP contribution in [-0.2, 0) is 22.6 Å². The van der Waals surface area contributed by atoms with Gasteiger partial charge in [-0.05, 0) is 58.1 Å². The van der Waals surface area contributed by atoms with Gasteiger partial charge in [-0.2, -0.15) is 0 Å². The molecule has 0 saturated carbocycles. The number of rotatable bonds is 11. The summed E-state index contributed by atoms with van der Waals surface area (Å²) in [5.41, 5.74) is 6.67. The Morgan fingerprint density at radius 2 is 1.54 bits per heavy atom. The maximum atomic E-state index is 12.5. The summed E-state index contributed by atoms with van der Waals surface area (Å²) in [6.07, 6.45) is -0.0352. The topological polar surface area (TPSA) is 77.0 Å². The number of aliphatic hydroxyl groups is 1. The molecule has 3 atom stereocenters. The molecule has 234 valence electrons. The summed E-state index contributed by atoms with van der Waals surface area (Å²) < 4.78 is 18.7. The Labute approximate surface area is 274 Å². The van der Waals surface area contributed by atoms with Crippen LogP contribution in [0.3, 0.4) is 0 Å². The Kier molecular flexibility index (Phi) is 10.5. The van der Waals surface area contributed by atoms with Gasteiger partial charge >= 0.3 is 0 Å². The number of thioether (sulfide) groups is 1. The summed E-state index contributed by atoms with van der Waals surface area (Å²) >= 11 is 1.72. The molecule has 5 aromatic carbocycles. The van der Waals surface area contributed by atoms with Crippen molar-refractivity contribution in [2.45, 2.75) is 43.0 Å². The maximum Gasteiger partial charge on any atom is 0.251 e. The average Bonchev–Trinajstić information content (AvgIpc) is 3.13. The van der Waals surface area contributed by atoms with Gasteiger partial charge in [0, 0.05) is 34.7 Å². The lowest BCUT2D eigenvalue weighted by Gasteiger charge is -2.36. The molecule has 7 heteroatoms. The number of nitrogens with one attached hydrogen (secondary N) is 1. The van der Waals surface area contributed by atoms with Crippen molar-refractivity contribution in [1.82, 2.24) is 5.32 Å². The summed E-state index contributed by atoms with van der Waals surface area (Å²) in [5, 5.41) is 12.5. The molecule has 5 aromatic rings. The predicted molar refractivity (Wildman–Crippen MR) is 182 cm³/mol. The van der Waals surface area contributed by atoms with Crippen LogP contribution in [0.15, 0.2) is 132 Å². The molecular weight excluding hydrogens is 594 g/mol. The number of aliphatic hydroxyl groups excluding tert-OH is 1. The second-order valence-corrected chi connectivity index (χ2v) is 12.2. The molecule has 6 rings (SSSR count). The first-order valence-corrected chi connectivity index (χ1v) is 16.4. The Morgan fingerprint density at radius 1 is 0.804 bits per heavy atom. The lowest BCUT2D eigenvalue weighted by Crippen LogP contribution is -2.31. The molecule has 1 aliphatic heterocycles. The van der Waals surface area contributed by atoms with Gasteiger partial charge in [-0.25, -0.2) is 0 Å². The lowest BCUT2D eigenvalue weighted by molar-refractivity contribution is -0.245. The van der Waals surface area contributed by atoms with Gasteiger partial charge in [0.05, 0.1) is 25.9 Å². The highest BCUT2D eigenvalue weighted by atomic mass is 32.2. The number of benzene rings is 5. The lowest BCUT2D eigenvalue weighted by atomic mass is 9.99. The van der Waals surface area contributed by atoms with Crippen molar-refractivity contribution in [2.24, 2.45) is 0 Å². The van der Waals surface area contributed by atoms with Gasteiger partial charge in [0.1, 0.15) is 5.75 Å². The van der Waals surface area contributed by atoms with Crippen LogP contribution in [0.4, 0.5) is 0 Å². The van der Waals surface area contributed by atoms with Crippen LogP contribution in [0.25, 0.3) is 11.1 Å². The SMILES string of the molecule is COc1ccccc1SC[C@@H]1C[C@H](c2ccc(CO)cc2)O[C@H](c2ccc(-c3cccc(CNC(=O)c4ccccc4)c3)cc2)O1. The first-order chi connectivity index (χ1) is 22.6. The zero-order valence-corrected chi connectivity index (χ0v) is 26.5. The van der Waals surface area contributed by atoms with Crippen LogP contribution in [0.5, 0.6) is 5.75 Å². The highest BCUT2D eigenvalue weighted by molar-refractivity contribution is 7.99. The Balaban J connectivity index is 1.16. The molecule has 1 saturated heterocycles.